The van der Waals surface area contributed by atoms with Crippen LogP contribution in [0.25, 0.3) is 0 Å². The van der Waals surface area contributed by atoms with E-state index in [4.69, 9.17) is 16.3 Å². The third-order valence-corrected chi connectivity index (χ3v) is 6.98. The molecule has 1 aliphatic heterocycles. The van der Waals surface area contributed by atoms with Gasteiger partial charge >= 0.3 is 0 Å². The van der Waals surface area contributed by atoms with Crippen molar-refractivity contribution in [3.63, 3.8) is 0 Å². The summed E-state index contributed by atoms with van der Waals surface area (Å²) >= 11 is 9.23. The minimum Gasteiger partial charge on any atom is -0.507 e. The lowest BCUT2D eigenvalue weighted by atomic mass is 10.1. The molecule has 0 saturated carbocycles. The molecule has 29 heavy (non-hydrogen) atoms. The number of hydrogen-bond donors (Lipinski definition) is 3. The highest BCUT2D eigenvalue weighted by atomic mass is 79.9. The maximum atomic E-state index is 12.8. The molecule has 0 aromatic heterocycles. The molecule has 1 amide bonds. The van der Waals surface area contributed by atoms with Gasteiger partial charge in [0.2, 0.25) is 0 Å². The summed E-state index contributed by atoms with van der Waals surface area (Å²) in [7, 11) is -4.02. The number of carbonyl (C=O) groups excluding carboxylic acids is 1. The zero-order valence-electron chi connectivity index (χ0n) is 15.2. The second-order valence-electron chi connectivity index (χ2n) is 6.77. The number of amides is 1. The number of benzene rings is 2. The van der Waals surface area contributed by atoms with Crippen LogP contribution in [0.5, 0.6) is 11.5 Å². The number of rotatable bonds is 6. The Morgan fingerprint density at radius 3 is 2.72 bits per heavy atom. The van der Waals surface area contributed by atoms with Gasteiger partial charge in [0.25, 0.3) is 5.91 Å². The maximum absolute atomic E-state index is 12.8. The summed E-state index contributed by atoms with van der Waals surface area (Å²) in [5.41, 5.74) is -0.147. The van der Waals surface area contributed by atoms with E-state index in [2.05, 4.69) is 21.2 Å². The minimum atomic E-state index is -4.02. The first-order valence-corrected chi connectivity index (χ1v) is 11.6. The second kappa shape index (κ2) is 8.91. The molecule has 0 aliphatic carbocycles. The van der Waals surface area contributed by atoms with Crippen molar-refractivity contribution in [1.29, 1.82) is 0 Å². The molecule has 1 unspecified atom stereocenters. The Labute approximate surface area is 181 Å². The number of sulfone groups is 1. The van der Waals surface area contributed by atoms with Gasteiger partial charge in [-0.1, -0.05) is 27.5 Å². The Morgan fingerprint density at radius 1 is 1.28 bits per heavy atom. The van der Waals surface area contributed by atoms with Gasteiger partial charge in [0.15, 0.2) is 9.84 Å². The van der Waals surface area contributed by atoms with Crippen LogP contribution in [-0.4, -0.2) is 44.3 Å². The molecule has 0 bridgehead atoms. The molecule has 1 atom stereocenters. The lowest BCUT2D eigenvalue weighted by molar-refractivity contribution is 0.0942. The number of phenolic OH excluding ortho intramolecular Hbond substituents is 2. The number of carbonyl (C=O) groups is 1. The number of aromatic hydroxyl groups is 2. The number of nitrogens with one attached hydrogen (secondary N) is 1. The quantitative estimate of drug-likeness (QED) is 0.557. The van der Waals surface area contributed by atoms with Crippen molar-refractivity contribution in [3.05, 3.63) is 51.0 Å². The van der Waals surface area contributed by atoms with Crippen molar-refractivity contribution in [2.45, 2.75) is 17.1 Å². The monoisotopic (exact) mass is 503 g/mol. The fraction of sp³-hybridized carbons (Fsp3) is 0.316. The van der Waals surface area contributed by atoms with E-state index in [1.165, 1.54) is 30.3 Å². The summed E-state index contributed by atoms with van der Waals surface area (Å²) < 4.78 is 31.3. The zero-order valence-corrected chi connectivity index (χ0v) is 18.3. The van der Waals surface area contributed by atoms with E-state index < -0.39 is 33.0 Å². The zero-order chi connectivity index (χ0) is 21.2. The molecule has 1 fully saturated rings. The van der Waals surface area contributed by atoms with E-state index in [1.807, 2.05) is 0 Å². The summed E-state index contributed by atoms with van der Waals surface area (Å²) in [5, 5.41) is 23.3. The lowest BCUT2D eigenvalue weighted by Crippen LogP contribution is -2.29. The molecule has 2 aromatic carbocycles. The van der Waals surface area contributed by atoms with Gasteiger partial charge in [-0.2, -0.15) is 0 Å². The van der Waals surface area contributed by atoms with Crippen LogP contribution in [0, 0.1) is 5.92 Å². The van der Waals surface area contributed by atoms with Crippen molar-refractivity contribution in [1.82, 2.24) is 5.32 Å². The van der Waals surface area contributed by atoms with Gasteiger partial charge in [-0.15, -0.1) is 0 Å². The van der Waals surface area contributed by atoms with Crippen molar-refractivity contribution in [2.24, 2.45) is 5.92 Å². The van der Waals surface area contributed by atoms with Crippen LogP contribution in [0.3, 0.4) is 0 Å². The van der Waals surface area contributed by atoms with Gasteiger partial charge in [0, 0.05) is 34.1 Å². The van der Waals surface area contributed by atoms with Crippen LogP contribution < -0.4 is 5.32 Å². The topological polar surface area (TPSA) is 113 Å². The van der Waals surface area contributed by atoms with Gasteiger partial charge in [-0.05, 0) is 36.8 Å². The third-order valence-electron chi connectivity index (χ3n) is 4.58. The van der Waals surface area contributed by atoms with E-state index in [-0.39, 0.29) is 27.0 Å². The Hall–Kier alpha value is -1.81. The highest BCUT2D eigenvalue weighted by Crippen LogP contribution is 2.33. The molecule has 2 aromatic rings. The summed E-state index contributed by atoms with van der Waals surface area (Å²) in [6.45, 7) is 1.58. The number of halogens is 2. The fourth-order valence-electron chi connectivity index (χ4n) is 3.03. The Bertz CT molecular complexity index is 1040. The Balaban J connectivity index is 1.86. The SMILES string of the molecule is O=C(NCC1CCOC1)c1cc(Cl)cc(CS(=O)(=O)c2cc(Br)ccc2O)c1O. The molecule has 1 heterocycles. The smallest absolute Gasteiger partial charge is 0.255 e. The third kappa shape index (κ3) is 5.22. The lowest BCUT2D eigenvalue weighted by Gasteiger charge is -2.14. The van der Waals surface area contributed by atoms with Crippen molar-refractivity contribution < 1.29 is 28.2 Å². The highest BCUT2D eigenvalue weighted by Gasteiger charge is 2.25. The van der Waals surface area contributed by atoms with E-state index >= 15 is 0 Å². The van der Waals surface area contributed by atoms with Crippen LogP contribution in [0.4, 0.5) is 0 Å². The van der Waals surface area contributed by atoms with Crippen LogP contribution in [0.15, 0.2) is 39.7 Å². The fourth-order valence-corrected chi connectivity index (χ4v) is 5.27. The molecule has 3 rings (SSSR count). The van der Waals surface area contributed by atoms with Gasteiger partial charge in [-0.25, -0.2) is 8.42 Å². The first-order valence-electron chi connectivity index (χ1n) is 8.76. The molecule has 7 nitrogen and oxygen atoms in total. The molecule has 0 radical (unpaired) electrons. The van der Waals surface area contributed by atoms with Gasteiger partial charge < -0.3 is 20.3 Å². The number of ether oxygens (including phenoxy) is 1. The molecule has 1 aliphatic rings. The standard InChI is InChI=1S/C19H19BrClNO6S/c20-13-1-2-16(23)17(6-13)29(26,27)10-12-5-14(21)7-15(18(12)24)19(25)22-8-11-3-4-28-9-11/h1-2,5-7,11,23-24H,3-4,8-10H2,(H,22,25). The summed E-state index contributed by atoms with van der Waals surface area (Å²) in [6.07, 6.45) is 0.835. The Kier molecular flexibility index (Phi) is 6.72. The maximum Gasteiger partial charge on any atom is 0.255 e. The van der Waals surface area contributed by atoms with Gasteiger partial charge in [-0.3, -0.25) is 4.79 Å². The largest absolute Gasteiger partial charge is 0.507 e. The first-order chi connectivity index (χ1) is 13.7. The highest BCUT2D eigenvalue weighted by molar-refractivity contribution is 9.10. The normalized spacial score (nSPS) is 16.7. The summed E-state index contributed by atoms with van der Waals surface area (Å²) in [5.74, 6) is -1.88. The van der Waals surface area contributed by atoms with Crippen LogP contribution in [0.1, 0.15) is 22.3 Å². The predicted molar refractivity (Wildman–Crippen MR) is 111 cm³/mol. The molecule has 156 valence electrons. The average molecular weight is 505 g/mol. The average Bonchev–Trinajstić information content (AvgIpc) is 3.17. The van der Waals surface area contributed by atoms with Gasteiger partial charge in [0.1, 0.15) is 16.4 Å². The van der Waals surface area contributed by atoms with Crippen LogP contribution >= 0.6 is 27.5 Å². The predicted octanol–water partition coefficient (Wildman–Crippen LogP) is 3.25. The second-order valence-corrected chi connectivity index (χ2v) is 10.1. The molecule has 0 spiro atoms. The van der Waals surface area contributed by atoms with E-state index in [1.54, 1.807) is 0 Å². The van der Waals surface area contributed by atoms with Crippen molar-refractivity contribution >= 4 is 43.3 Å². The Morgan fingerprint density at radius 2 is 2.03 bits per heavy atom. The molecular formula is C19H19BrClNO6S. The molecule has 3 N–H and O–H groups in total. The number of hydrogen-bond acceptors (Lipinski definition) is 6. The van der Waals surface area contributed by atoms with E-state index in [0.717, 1.165) is 6.42 Å². The minimum absolute atomic E-state index is 0.0359. The molecule has 1 saturated heterocycles. The van der Waals surface area contributed by atoms with Crippen molar-refractivity contribution in [3.8, 4) is 11.5 Å². The summed E-state index contributed by atoms with van der Waals surface area (Å²) in [6, 6.07) is 6.59. The molecule has 10 heteroatoms. The summed E-state index contributed by atoms with van der Waals surface area (Å²) in [4.78, 5) is 12.2. The van der Waals surface area contributed by atoms with Crippen LogP contribution in [-0.2, 0) is 20.3 Å². The van der Waals surface area contributed by atoms with Gasteiger partial charge in [0.05, 0.1) is 17.9 Å². The number of phenols is 2. The van der Waals surface area contributed by atoms with Crippen molar-refractivity contribution in [2.75, 3.05) is 19.8 Å². The molecular weight excluding hydrogens is 486 g/mol. The first kappa shape index (κ1) is 21.9. The van der Waals surface area contributed by atoms with E-state index in [0.29, 0.717) is 24.2 Å². The van der Waals surface area contributed by atoms with E-state index in [9.17, 15) is 23.4 Å². The van der Waals surface area contributed by atoms with Crippen LogP contribution in [0.2, 0.25) is 5.02 Å².